The molecule has 5 heteroatoms. The van der Waals surface area contributed by atoms with E-state index in [1.165, 1.54) is 6.42 Å². The highest BCUT2D eigenvalue weighted by Crippen LogP contribution is 2.21. The number of carbonyl (C=O) groups is 1. The molecule has 110 valence electrons. The Morgan fingerprint density at radius 2 is 2.30 bits per heavy atom. The Balaban J connectivity index is 1.78. The number of nitrogens with one attached hydrogen (secondary N) is 1. The minimum atomic E-state index is -0.493. The zero-order valence-electron chi connectivity index (χ0n) is 11.6. The van der Waals surface area contributed by atoms with Crippen LogP contribution in [0.4, 0.5) is 5.69 Å². The molecule has 1 N–H and O–H groups in total. The second-order valence-electron chi connectivity index (χ2n) is 4.93. The van der Waals surface area contributed by atoms with Crippen molar-refractivity contribution >= 4 is 27.5 Å². The van der Waals surface area contributed by atoms with Crippen molar-refractivity contribution in [3.05, 3.63) is 28.7 Å². The Hall–Kier alpha value is -0.910. The van der Waals surface area contributed by atoms with E-state index in [4.69, 9.17) is 9.47 Å². The van der Waals surface area contributed by atoms with Crippen LogP contribution in [0.2, 0.25) is 0 Å². The summed E-state index contributed by atoms with van der Waals surface area (Å²) >= 11 is 3.40. The molecule has 1 aromatic carbocycles. The lowest BCUT2D eigenvalue weighted by Crippen LogP contribution is -2.32. The summed E-state index contributed by atoms with van der Waals surface area (Å²) in [5.41, 5.74) is 0.752. The second kappa shape index (κ2) is 7.76. The molecule has 1 fully saturated rings. The Bertz CT molecular complexity index is 446. The summed E-state index contributed by atoms with van der Waals surface area (Å²) in [7, 11) is 0. The first-order chi connectivity index (χ1) is 9.66. The van der Waals surface area contributed by atoms with Gasteiger partial charge in [-0.3, -0.25) is 4.79 Å². The number of amides is 1. The lowest BCUT2D eigenvalue weighted by atomic mass is 10.1. The maximum absolute atomic E-state index is 12.0. The number of halogens is 1. The quantitative estimate of drug-likeness (QED) is 0.893. The Kier molecular flexibility index (Phi) is 6.01. The fourth-order valence-corrected chi connectivity index (χ4v) is 2.45. The summed E-state index contributed by atoms with van der Waals surface area (Å²) in [5, 5.41) is 2.85. The van der Waals surface area contributed by atoms with Gasteiger partial charge in [-0.15, -0.1) is 0 Å². The molecule has 1 heterocycles. The predicted octanol–water partition coefficient (Wildman–Crippen LogP) is 3.36. The van der Waals surface area contributed by atoms with E-state index in [-0.39, 0.29) is 12.0 Å². The number of para-hydroxylation sites is 1. The Morgan fingerprint density at radius 3 is 3.00 bits per heavy atom. The van der Waals surface area contributed by atoms with E-state index in [0.29, 0.717) is 6.61 Å². The van der Waals surface area contributed by atoms with Crippen LogP contribution in [0.25, 0.3) is 0 Å². The van der Waals surface area contributed by atoms with Crippen molar-refractivity contribution in [3.8, 4) is 0 Å². The molecule has 1 amide bonds. The monoisotopic (exact) mass is 341 g/mol. The smallest absolute Gasteiger partial charge is 0.253 e. The molecule has 0 spiro atoms. The average molecular weight is 342 g/mol. The second-order valence-corrected chi connectivity index (χ2v) is 5.79. The van der Waals surface area contributed by atoms with Crippen LogP contribution in [-0.4, -0.2) is 31.3 Å². The standard InChI is InChI=1S/C15H20BrNO3/c1-11(20-10-12-6-4-5-9-19-12)15(18)17-14-8-3-2-7-13(14)16/h2-3,7-8,11-12H,4-6,9-10H2,1H3,(H,17,18). The number of carbonyl (C=O) groups excluding carboxylic acids is 1. The molecule has 4 nitrogen and oxygen atoms in total. The van der Waals surface area contributed by atoms with E-state index in [1.807, 2.05) is 24.3 Å². The molecule has 1 saturated heterocycles. The van der Waals surface area contributed by atoms with Crippen LogP contribution in [0.3, 0.4) is 0 Å². The summed E-state index contributed by atoms with van der Waals surface area (Å²) in [6.45, 7) is 3.03. The molecule has 0 saturated carbocycles. The van der Waals surface area contributed by atoms with Gasteiger partial charge in [0.05, 0.1) is 18.4 Å². The molecular formula is C15H20BrNO3. The van der Waals surface area contributed by atoms with Gasteiger partial charge in [0, 0.05) is 11.1 Å². The van der Waals surface area contributed by atoms with Crippen molar-refractivity contribution in [1.29, 1.82) is 0 Å². The molecule has 2 atom stereocenters. The van der Waals surface area contributed by atoms with Gasteiger partial charge in [0.25, 0.3) is 5.91 Å². The van der Waals surface area contributed by atoms with E-state index >= 15 is 0 Å². The van der Waals surface area contributed by atoms with E-state index < -0.39 is 6.10 Å². The SMILES string of the molecule is CC(OCC1CCCCO1)C(=O)Nc1ccccc1Br. The number of benzene rings is 1. The van der Waals surface area contributed by atoms with Gasteiger partial charge in [-0.1, -0.05) is 12.1 Å². The minimum absolute atomic E-state index is 0.127. The fourth-order valence-electron chi connectivity index (χ4n) is 2.06. The highest BCUT2D eigenvalue weighted by atomic mass is 79.9. The van der Waals surface area contributed by atoms with Crippen LogP contribution in [0.5, 0.6) is 0 Å². The maximum atomic E-state index is 12.0. The highest BCUT2D eigenvalue weighted by Gasteiger charge is 2.19. The van der Waals surface area contributed by atoms with Crippen LogP contribution < -0.4 is 5.32 Å². The van der Waals surface area contributed by atoms with Crippen molar-refractivity contribution in [2.45, 2.75) is 38.4 Å². The summed E-state index contributed by atoms with van der Waals surface area (Å²) in [5.74, 6) is -0.146. The number of rotatable bonds is 5. The van der Waals surface area contributed by atoms with E-state index in [0.717, 1.165) is 29.6 Å². The fraction of sp³-hybridized carbons (Fsp3) is 0.533. The first-order valence-corrected chi connectivity index (χ1v) is 7.74. The number of ether oxygens (including phenoxy) is 2. The van der Waals surface area contributed by atoms with Crippen molar-refractivity contribution in [2.24, 2.45) is 0 Å². The van der Waals surface area contributed by atoms with Gasteiger partial charge in [-0.25, -0.2) is 0 Å². The van der Waals surface area contributed by atoms with Crippen molar-refractivity contribution in [2.75, 3.05) is 18.5 Å². The van der Waals surface area contributed by atoms with Gasteiger partial charge < -0.3 is 14.8 Å². The summed E-state index contributed by atoms with van der Waals surface area (Å²) in [6.07, 6.45) is 2.94. The van der Waals surface area contributed by atoms with Gasteiger partial charge in [0.1, 0.15) is 6.10 Å². The molecule has 20 heavy (non-hydrogen) atoms. The van der Waals surface area contributed by atoms with Crippen LogP contribution >= 0.6 is 15.9 Å². The van der Waals surface area contributed by atoms with Crippen molar-refractivity contribution in [3.63, 3.8) is 0 Å². The predicted molar refractivity (Wildman–Crippen MR) is 81.8 cm³/mol. The van der Waals surface area contributed by atoms with Crippen LogP contribution in [0.15, 0.2) is 28.7 Å². The van der Waals surface area contributed by atoms with Crippen LogP contribution in [0.1, 0.15) is 26.2 Å². The Labute approximate surface area is 128 Å². The van der Waals surface area contributed by atoms with Crippen molar-refractivity contribution < 1.29 is 14.3 Å². The van der Waals surface area contributed by atoms with Gasteiger partial charge in [0.15, 0.2) is 0 Å². The number of hydrogen-bond donors (Lipinski definition) is 1. The van der Waals surface area contributed by atoms with E-state index in [1.54, 1.807) is 6.92 Å². The van der Waals surface area contributed by atoms with Crippen LogP contribution in [-0.2, 0) is 14.3 Å². The molecule has 0 aliphatic carbocycles. The molecule has 0 aromatic heterocycles. The lowest BCUT2D eigenvalue weighted by molar-refractivity contribution is -0.130. The minimum Gasteiger partial charge on any atom is -0.376 e. The number of hydrogen-bond acceptors (Lipinski definition) is 3. The molecule has 0 radical (unpaired) electrons. The van der Waals surface area contributed by atoms with Gasteiger partial charge in [-0.2, -0.15) is 0 Å². The summed E-state index contributed by atoms with van der Waals surface area (Å²) in [6, 6.07) is 7.51. The third kappa shape index (κ3) is 4.58. The van der Waals surface area contributed by atoms with Crippen molar-refractivity contribution in [1.82, 2.24) is 0 Å². The summed E-state index contributed by atoms with van der Waals surface area (Å²) in [4.78, 5) is 12.0. The zero-order chi connectivity index (χ0) is 14.4. The number of anilines is 1. The average Bonchev–Trinajstić information content (AvgIpc) is 2.48. The molecule has 1 aliphatic heterocycles. The highest BCUT2D eigenvalue weighted by molar-refractivity contribution is 9.10. The third-order valence-corrected chi connectivity index (χ3v) is 4.00. The molecule has 1 aromatic rings. The lowest BCUT2D eigenvalue weighted by Gasteiger charge is -2.24. The normalized spacial score (nSPS) is 20.4. The zero-order valence-corrected chi connectivity index (χ0v) is 13.2. The largest absolute Gasteiger partial charge is 0.376 e. The third-order valence-electron chi connectivity index (χ3n) is 3.31. The topological polar surface area (TPSA) is 47.6 Å². The van der Waals surface area contributed by atoms with Gasteiger partial charge in [-0.05, 0) is 54.2 Å². The molecule has 1 aliphatic rings. The molecule has 2 unspecified atom stereocenters. The first-order valence-electron chi connectivity index (χ1n) is 6.95. The maximum Gasteiger partial charge on any atom is 0.253 e. The first kappa shape index (κ1) is 15.5. The Morgan fingerprint density at radius 1 is 1.50 bits per heavy atom. The summed E-state index contributed by atoms with van der Waals surface area (Å²) < 4.78 is 12.0. The van der Waals surface area contributed by atoms with Gasteiger partial charge in [0.2, 0.25) is 0 Å². The molecule has 0 bridgehead atoms. The van der Waals surface area contributed by atoms with Crippen LogP contribution in [0, 0.1) is 0 Å². The van der Waals surface area contributed by atoms with Gasteiger partial charge >= 0.3 is 0 Å². The van der Waals surface area contributed by atoms with E-state index in [2.05, 4.69) is 21.2 Å². The van der Waals surface area contributed by atoms with E-state index in [9.17, 15) is 4.79 Å². The molecule has 2 rings (SSSR count). The molecular weight excluding hydrogens is 322 g/mol.